The Kier molecular flexibility index (Phi) is 5.60. The highest BCUT2D eigenvalue weighted by molar-refractivity contribution is 5.95. The number of rotatable bonds is 6. The quantitative estimate of drug-likeness (QED) is 0.495. The summed E-state index contributed by atoms with van der Waals surface area (Å²) >= 11 is 0. The molecule has 9 heteroatoms. The number of hydrogen-bond donors (Lipinski definition) is 1. The average Bonchev–Trinajstić information content (AvgIpc) is 3.31. The molecule has 1 N–H and O–H groups in total. The highest BCUT2D eigenvalue weighted by Gasteiger charge is 2.25. The van der Waals surface area contributed by atoms with Crippen molar-refractivity contribution in [1.82, 2.24) is 10.3 Å². The fourth-order valence-corrected chi connectivity index (χ4v) is 3.48. The molecule has 9 nitrogen and oxygen atoms in total. The van der Waals surface area contributed by atoms with Gasteiger partial charge in [-0.05, 0) is 36.4 Å². The van der Waals surface area contributed by atoms with Gasteiger partial charge in [0.15, 0.2) is 0 Å². The first-order valence-electron chi connectivity index (χ1n) is 9.62. The van der Waals surface area contributed by atoms with Gasteiger partial charge in [0.25, 0.3) is 11.6 Å². The summed E-state index contributed by atoms with van der Waals surface area (Å²) in [5.74, 6) is 1.12. The second kappa shape index (κ2) is 8.64. The molecule has 0 bridgehead atoms. The molecule has 3 heterocycles. The van der Waals surface area contributed by atoms with Crippen LogP contribution in [0.1, 0.15) is 16.1 Å². The number of amides is 1. The lowest BCUT2D eigenvalue weighted by molar-refractivity contribution is -0.384. The maximum atomic E-state index is 12.4. The van der Waals surface area contributed by atoms with Gasteiger partial charge in [-0.2, -0.15) is 0 Å². The Bertz CT molecular complexity index is 1020. The molecule has 0 atom stereocenters. The second-order valence-corrected chi connectivity index (χ2v) is 6.88. The van der Waals surface area contributed by atoms with E-state index in [1.807, 2.05) is 23.1 Å². The minimum atomic E-state index is -0.441. The summed E-state index contributed by atoms with van der Waals surface area (Å²) in [4.78, 5) is 32.1. The molecule has 0 radical (unpaired) electrons. The molecule has 0 saturated carbocycles. The van der Waals surface area contributed by atoms with Crippen LogP contribution in [0.2, 0.25) is 0 Å². The lowest BCUT2D eigenvalue weighted by Gasteiger charge is -2.36. The van der Waals surface area contributed by atoms with Crippen LogP contribution in [0.4, 0.5) is 17.2 Å². The predicted molar refractivity (Wildman–Crippen MR) is 112 cm³/mol. The van der Waals surface area contributed by atoms with E-state index in [-0.39, 0.29) is 23.7 Å². The van der Waals surface area contributed by atoms with Gasteiger partial charge >= 0.3 is 0 Å². The number of anilines is 2. The molecule has 4 rings (SSSR count). The zero-order valence-electron chi connectivity index (χ0n) is 16.2. The Morgan fingerprint density at radius 2 is 1.90 bits per heavy atom. The Labute approximate surface area is 173 Å². The zero-order valence-corrected chi connectivity index (χ0v) is 16.2. The molecule has 1 aliphatic rings. The van der Waals surface area contributed by atoms with Crippen molar-refractivity contribution in [3.8, 4) is 0 Å². The second-order valence-electron chi connectivity index (χ2n) is 6.88. The van der Waals surface area contributed by atoms with Crippen molar-refractivity contribution in [2.45, 2.75) is 6.54 Å². The maximum absolute atomic E-state index is 12.4. The van der Waals surface area contributed by atoms with Gasteiger partial charge in [0.2, 0.25) is 0 Å². The Balaban J connectivity index is 1.46. The third-order valence-corrected chi connectivity index (χ3v) is 5.03. The molecule has 0 aliphatic carbocycles. The molecule has 1 aliphatic heterocycles. The first-order chi connectivity index (χ1) is 14.6. The highest BCUT2D eigenvalue weighted by Crippen LogP contribution is 2.30. The summed E-state index contributed by atoms with van der Waals surface area (Å²) in [5.41, 5.74) is 0.680. The SMILES string of the molecule is O=C(NCc1ccco1)c1ccc(N2CCN(c3ccccn3)CC2)c([N+](=O)[O-])c1. The van der Waals surface area contributed by atoms with Crippen LogP contribution in [0.5, 0.6) is 0 Å². The number of aromatic nitrogens is 1. The van der Waals surface area contributed by atoms with Gasteiger partial charge in [-0.3, -0.25) is 14.9 Å². The Morgan fingerprint density at radius 1 is 1.10 bits per heavy atom. The van der Waals surface area contributed by atoms with Crippen LogP contribution in [0.25, 0.3) is 0 Å². The summed E-state index contributed by atoms with van der Waals surface area (Å²) in [5, 5.41) is 14.4. The smallest absolute Gasteiger partial charge is 0.293 e. The molecule has 30 heavy (non-hydrogen) atoms. The van der Waals surface area contributed by atoms with Crippen molar-refractivity contribution in [2.75, 3.05) is 36.0 Å². The molecule has 0 spiro atoms. The summed E-state index contributed by atoms with van der Waals surface area (Å²) in [6.07, 6.45) is 3.27. The van der Waals surface area contributed by atoms with Gasteiger partial charge in [0.05, 0.1) is 17.7 Å². The minimum absolute atomic E-state index is 0.0769. The number of carbonyl (C=O) groups is 1. The summed E-state index contributed by atoms with van der Waals surface area (Å²) < 4.78 is 5.18. The molecule has 2 aromatic heterocycles. The number of furan rings is 1. The predicted octanol–water partition coefficient (Wildman–Crippen LogP) is 2.84. The van der Waals surface area contributed by atoms with E-state index in [0.29, 0.717) is 37.6 Å². The third kappa shape index (κ3) is 4.24. The van der Waals surface area contributed by atoms with E-state index < -0.39 is 4.92 Å². The van der Waals surface area contributed by atoms with Crippen LogP contribution in [-0.2, 0) is 6.54 Å². The molecule has 1 saturated heterocycles. The number of pyridine rings is 1. The molecule has 1 amide bonds. The normalized spacial score (nSPS) is 13.9. The van der Waals surface area contributed by atoms with Crippen molar-refractivity contribution >= 4 is 23.1 Å². The van der Waals surface area contributed by atoms with Crippen LogP contribution in [0.3, 0.4) is 0 Å². The monoisotopic (exact) mass is 407 g/mol. The van der Waals surface area contributed by atoms with Crippen molar-refractivity contribution in [3.05, 3.63) is 82.4 Å². The van der Waals surface area contributed by atoms with Gasteiger partial charge in [-0.15, -0.1) is 0 Å². The number of nitrogens with one attached hydrogen (secondary N) is 1. The van der Waals surface area contributed by atoms with Crippen molar-refractivity contribution < 1.29 is 14.1 Å². The average molecular weight is 407 g/mol. The van der Waals surface area contributed by atoms with E-state index in [4.69, 9.17) is 4.42 Å². The lowest BCUT2D eigenvalue weighted by atomic mass is 10.1. The largest absolute Gasteiger partial charge is 0.467 e. The zero-order chi connectivity index (χ0) is 20.9. The van der Waals surface area contributed by atoms with Gasteiger partial charge < -0.3 is 19.5 Å². The summed E-state index contributed by atoms with van der Waals surface area (Å²) in [6, 6.07) is 13.8. The fraction of sp³-hybridized carbons (Fsp3) is 0.238. The summed E-state index contributed by atoms with van der Waals surface area (Å²) in [6.45, 7) is 2.89. The lowest BCUT2D eigenvalue weighted by Crippen LogP contribution is -2.47. The number of nitro groups is 1. The third-order valence-electron chi connectivity index (χ3n) is 5.03. The Hall–Kier alpha value is -3.88. The fourth-order valence-electron chi connectivity index (χ4n) is 3.48. The highest BCUT2D eigenvalue weighted by atomic mass is 16.6. The molecule has 1 aromatic carbocycles. The van der Waals surface area contributed by atoms with Gasteiger partial charge in [-0.1, -0.05) is 6.07 Å². The first-order valence-corrected chi connectivity index (χ1v) is 9.62. The minimum Gasteiger partial charge on any atom is -0.467 e. The first kappa shape index (κ1) is 19.4. The van der Waals surface area contributed by atoms with Gasteiger partial charge in [0, 0.05) is 44.0 Å². The van der Waals surface area contributed by atoms with Crippen molar-refractivity contribution in [3.63, 3.8) is 0 Å². The van der Waals surface area contributed by atoms with Crippen LogP contribution in [-0.4, -0.2) is 42.0 Å². The van der Waals surface area contributed by atoms with E-state index in [0.717, 1.165) is 5.82 Å². The van der Waals surface area contributed by atoms with Crippen LogP contribution in [0, 0.1) is 10.1 Å². The van der Waals surface area contributed by atoms with Crippen molar-refractivity contribution in [1.29, 1.82) is 0 Å². The van der Waals surface area contributed by atoms with Gasteiger partial charge in [-0.25, -0.2) is 4.98 Å². The topological polar surface area (TPSA) is 105 Å². The van der Waals surface area contributed by atoms with E-state index in [1.54, 1.807) is 30.5 Å². The number of carbonyl (C=O) groups excluding carboxylic acids is 1. The molecule has 0 unspecified atom stereocenters. The van der Waals surface area contributed by atoms with E-state index in [9.17, 15) is 14.9 Å². The number of piperazine rings is 1. The van der Waals surface area contributed by atoms with E-state index in [1.165, 1.54) is 12.3 Å². The molecule has 3 aromatic rings. The molecule has 154 valence electrons. The van der Waals surface area contributed by atoms with Gasteiger partial charge in [0.1, 0.15) is 17.3 Å². The van der Waals surface area contributed by atoms with E-state index >= 15 is 0 Å². The summed E-state index contributed by atoms with van der Waals surface area (Å²) in [7, 11) is 0. The van der Waals surface area contributed by atoms with E-state index in [2.05, 4.69) is 15.2 Å². The van der Waals surface area contributed by atoms with Crippen LogP contribution in [0.15, 0.2) is 65.4 Å². The van der Waals surface area contributed by atoms with Crippen molar-refractivity contribution in [2.24, 2.45) is 0 Å². The molecule has 1 fully saturated rings. The standard InChI is InChI=1S/C21H21N5O4/c27-21(23-15-17-4-3-13-30-17)16-6-7-18(19(14-16)26(28)29)24-9-11-25(12-10-24)20-5-1-2-8-22-20/h1-8,13-14H,9-12,15H2,(H,23,27). The van der Waals surface area contributed by atoms with Crippen LogP contribution >= 0.6 is 0 Å². The molecular weight excluding hydrogens is 386 g/mol. The number of nitrogens with zero attached hydrogens (tertiary/aromatic N) is 4. The maximum Gasteiger partial charge on any atom is 0.293 e. The van der Waals surface area contributed by atoms with Crippen LogP contribution < -0.4 is 15.1 Å². The number of nitro benzene ring substituents is 1. The molecular formula is C21H21N5O4. The number of hydrogen-bond acceptors (Lipinski definition) is 7. The number of benzene rings is 1. The Morgan fingerprint density at radius 3 is 2.57 bits per heavy atom.